The van der Waals surface area contributed by atoms with Gasteiger partial charge in [0, 0.05) is 18.7 Å². The average molecular weight is 326 g/mol. The molecule has 1 aromatic carbocycles. The highest BCUT2D eigenvalue weighted by molar-refractivity contribution is 7.89. The van der Waals surface area contributed by atoms with Crippen molar-refractivity contribution < 1.29 is 23.1 Å². The van der Waals surface area contributed by atoms with Gasteiger partial charge >= 0.3 is 5.97 Å². The molecule has 1 fully saturated rings. The molecular formula is C14H18N2O5S. The number of amides is 1. The maximum absolute atomic E-state index is 12.4. The summed E-state index contributed by atoms with van der Waals surface area (Å²) in [5, 5.41) is 9.10. The number of carboxylic acids is 1. The van der Waals surface area contributed by atoms with Crippen molar-refractivity contribution in [2.24, 2.45) is 11.8 Å². The molecule has 0 spiro atoms. The fourth-order valence-electron chi connectivity index (χ4n) is 2.53. The molecule has 7 nitrogen and oxygen atoms in total. The van der Waals surface area contributed by atoms with Crippen LogP contribution in [0.3, 0.4) is 0 Å². The third kappa shape index (κ3) is 3.12. The minimum absolute atomic E-state index is 0.0738. The molecule has 2 N–H and O–H groups in total. The Labute approximate surface area is 129 Å². The Balaban J connectivity index is 2.16. The van der Waals surface area contributed by atoms with Crippen molar-refractivity contribution in [3.05, 3.63) is 29.8 Å². The molecule has 22 heavy (non-hydrogen) atoms. The summed E-state index contributed by atoms with van der Waals surface area (Å²) in [5.41, 5.74) is 0.341. The Morgan fingerprint density at radius 3 is 2.27 bits per heavy atom. The lowest BCUT2D eigenvalue weighted by atomic mass is 9.99. The highest BCUT2D eigenvalue weighted by atomic mass is 32.2. The van der Waals surface area contributed by atoms with Crippen LogP contribution in [0.25, 0.3) is 0 Å². The largest absolute Gasteiger partial charge is 0.481 e. The molecule has 0 bridgehead atoms. The highest BCUT2D eigenvalue weighted by Crippen LogP contribution is 2.25. The van der Waals surface area contributed by atoms with Crippen LogP contribution in [0.2, 0.25) is 0 Å². The van der Waals surface area contributed by atoms with Crippen LogP contribution in [0.5, 0.6) is 0 Å². The molecule has 8 heteroatoms. The molecule has 1 aliphatic heterocycles. The fourth-order valence-corrected chi connectivity index (χ4v) is 3.26. The van der Waals surface area contributed by atoms with E-state index in [0.717, 1.165) is 0 Å². The third-order valence-corrected chi connectivity index (χ3v) is 5.33. The van der Waals surface area contributed by atoms with Gasteiger partial charge in [0.1, 0.15) is 0 Å². The summed E-state index contributed by atoms with van der Waals surface area (Å²) in [6, 6.07) is 5.58. The van der Waals surface area contributed by atoms with Gasteiger partial charge in [-0.1, -0.05) is 6.92 Å². The van der Waals surface area contributed by atoms with E-state index in [1.165, 1.54) is 36.2 Å². The van der Waals surface area contributed by atoms with Crippen LogP contribution in [0.15, 0.2) is 29.2 Å². The number of hydrogen-bond donors (Lipinski definition) is 2. The second-order valence-electron chi connectivity index (χ2n) is 5.36. The number of sulfonamides is 1. The van der Waals surface area contributed by atoms with Crippen molar-refractivity contribution in [3.8, 4) is 0 Å². The van der Waals surface area contributed by atoms with Crippen LogP contribution in [-0.4, -0.2) is 50.4 Å². The average Bonchev–Trinajstić information content (AvgIpc) is 2.89. The molecule has 1 saturated heterocycles. The Kier molecular flexibility index (Phi) is 4.52. The quantitative estimate of drug-likeness (QED) is 0.833. The fraction of sp³-hybridized carbons (Fsp3) is 0.429. The maximum Gasteiger partial charge on any atom is 0.308 e. The maximum atomic E-state index is 12.4. The van der Waals surface area contributed by atoms with Crippen molar-refractivity contribution in [2.45, 2.75) is 11.8 Å². The van der Waals surface area contributed by atoms with Crippen molar-refractivity contribution in [1.29, 1.82) is 0 Å². The zero-order chi connectivity index (χ0) is 16.5. The van der Waals surface area contributed by atoms with E-state index >= 15 is 0 Å². The summed E-state index contributed by atoms with van der Waals surface area (Å²) < 4.78 is 25.5. The molecule has 1 aromatic rings. The van der Waals surface area contributed by atoms with Crippen LogP contribution in [-0.2, 0) is 14.8 Å². The first-order valence-electron chi connectivity index (χ1n) is 6.82. The predicted molar refractivity (Wildman–Crippen MR) is 78.9 cm³/mol. The Morgan fingerprint density at radius 1 is 1.23 bits per heavy atom. The van der Waals surface area contributed by atoms with Crippen molar-refractivity contribution >= 4 is 21.9 Å². The summed E-state index contributed by atoms with van der Waals surface area (Å²) >= 11 is 0. The molecule has 1 heterocycles. The van der Waals surface area contributed by atoms with Crippen LogP contribution < -0.4 is 4.72 Å². The zero-order valence-corrected chi connectivity index (χ0v) is 13.1. The lowest BCUT2D eigenvalue weighted by Crippen LogP contribution is -2.30. The van der Waals surface area contributed by atoms with Crippen LogP contribution >= 0.6 is 0 Å². The minimum atomic E-state index is -3.54. The summed E-state index contributed by atoms with van der Waals surface area (Å²) in [4.78, 5) is 25.0. The first kappa shape index (κ1) is 16.4. The number of carboxylic acid groups (broad SMARTS) is 1. The van der Waals surface area contributed by atoms with Crippen LogP contribution in [0.1, 0.15) is 17.3 Å². The second kappa shape index (κ2) is 6.05. The molecule has 1 amide bonds. The molecule has 2 atom stereocenters. The monoisotopic (exact) mass is 326 g/mol. The van der Waals surface area contributed by atoms with Gasteiger partial charge < -0.3 is 10.0 Å². The molecule has 120 valence electrons. The van der Waals surface area contributed by atoms with E-state index < -0.39 is 21.9 Å². The van der Waals surface area contributed by atoms with Crippen molar-refractivity contribution in [2.75, 3.05) is 20.1 Å². The van der Waals surface area contributed by atoms with E-state index in [1.807, 2.05) is 0 Å². The number of likely N-dealkylation sites (tertiary alicyclic amines) is 1. The smallest absolute Gasteiger partial charge is 0.308 e. The van der Waals surface area contributed by atoms with E-state index in [4.69, 9.17) is 5.11 Å². The van der Waals surface area contributed by atoms with E-state index in [9.17, 15) is 18.0 Å². The van der Waals surface area contributed by atoms with Gasteiger partial charge in [-0.3, -0.25) is 9.59 Å². The number of nitrogens with one attached hydrogen (secondary N) is 1. The van der Waals surface area contributed by atoms with Crippen LogP contribution in [0.4, 0.5) is 0 Å². The lowest BCUT2D eigenvalue weighted by Gasteiger charge is -2.16. The Bertz CT molecular complexity index is 684. The number of aliphatic carboxylic acids is 1. The van der Waals surface area contributed by atoms with Crippen LogP contribution in [0, 0.1) is 11.8 Å². The van der Waals surface area contributed by atoms with Gasteiger partial charge in [-0.05, 0) is 37.2 Å². The molecule has 0 aliphatic carbocycles. The standard InChI is InChI=1S/C14H18N2O5S/c1-9-7-16(8-12(9)14(18)19)13(17)10-3-5-11(6-4-10)22(20,21)15-2/h3-6,9,12,15H,7-8H2,1-2H3,(H,18,19)/t9-,12-/m1/s1. The van der Waals surface area contributed by atoms with Crippen molar-refractivity contribution in [1.82, 2.24) is 9.62 Å². The molecular weight excluding hydrogens is 308 g/mol. The summed E-state index contributed by atoms with van der Waals surface area (Å²) in [7, 11) is -2.23. The number of rotatable bonds is 4. The van der Waals surface area contributed by atoms with Gasteiger partial charge in [-0.15, -0.1) is 0 Å². The lowest BCUT2D eigenvalue weighted by molar-refractivity contribution is -0.142. The zero-order valence-electron chi connectivity index (χ0n) is 12.3. The summed E-state index contributed by atoms with van der Waals surface area (Å²) in [6.07, 6.45) is 0. The van der Waals surface area contributed by atoms with E-state index in [1.54, 1.807) is 6.92 Å². The molecule has 0 saturated carbocycles. The molecule has 1 aliphatic rings. The Hall–Kier alpha value is -1.93. The summed E-state index contributed by atoms with van der Waals surface area (Å²) in [6.45, 7) is 2.35. The van der Waals surface area contributed by atoms with E-state index in [-0.39, 0.29) is 23.3 Å². The number of benzene rings is 1. The number of hydrogen-bond acceptors (Lipinski definition) is 4. The summed E-state index contributed by atoms with van der Waals surface area (Å²) in [5.74, 6) is -1.86. The second-order valence-corrected chi connectivity index (χ2v) is 7.25. The van der Waals surface area contributed by atoms with Gasteiger partial charge in [-0.2, -0.15) is 0 Å². The molecule has 2 rings (SSSR count). The first-order valence-corrected chi connectivity index (χ1v) is 8.30. The van der Waals surface area contributed by atoms with Gasteiger partial charge in [-0.25, -0.2) is 13.1 Å². The third-order valence-electron chi connectivity index (χ3n) is 3.90. The topological polar surface area (TPSA) is 104 Å². The highest BCUT2D eigenvalue weighted by Gasteiger charge is 2.37. The molecule has 0 aromatic heterocycles. The van der Waals surface area contributed by atoms with Gasteiger partial charge in [0.05, 0.1) is 10.8 Å². The van der Waals surface area contributed by atoms with Crippen molar-refractivity contribution in [3.63, 3.8) is 0 Å². The van der Waals surface area contributed by atoms with Gasteiger partial charge in [0.25, 0.3) is 5.91 Å². The molecule has 0 radical (unpaired) electrons. The van der Waals surface area contributed by atoms with E-state index in [0.29, 0.717) is 12.1 Å². The molecule has 0 unspecified atom stereocenters. The number of nitrogens with zero attached hydrogens (tertiary/aromatic N) is 1. The number of carbonyl (C=O) groups excluding carboxylic acids is 1. The number of carbonyl (C=O) groups is 2. The Morgan fingerprint density at radius 2 is 1.82 bits per heavy atom. The predicted octanol–water partition coefficient (Wildman–Crippen LogP) is 0.387. The normalized spacial score (nSPS) is 21.8. The first-order chi connectivity index (χ1) is 10.3. The van der Waals surface area contributed by atoms with Gasteiger partial charge in [0.15, 0.2) is 0 Å². The van der Waals surface area contributed by atoms with Gasteiger partial charge in [0.2, 0.25) is 10.0 Å². The van der Waals surface area contributed by atoms with E-state index in [2.05, 4.69) is 4.72 Å². The minimum Gasteiger partial charge on any atom is -0.481 e. The SMILES string of the molecule is CNS(=O)(=O)c1ccc(C(=O)N2C[C@@H](C)[C@H](C(=O)O)C2)cc1.